The standard InChI is InChI=1S/C23H30N2O3/c1-4-27-20-12-11-19(15-21(20)28-5-2)16-23(3)22(26)24-13-14-25(23)17-18-9-7-6-8-10-18/h6-12,15H,4-5,13-14,16-17H2,1-3H3,(H,24,26). The highest BCUT2D eigenvalue weighted by molar-refractivity contribution is 5.87. The number of amides is 1. The van der Waals surface area contributed by atoms with Gasteiger partial charge in [0.05, 0.1) is 13.2 Å². The van der Waals surface area contributed by atoms with E-state index in [9.17, 15) is 4.79 Å². The smallest absolute Gasteiger partial charge is 0.240 e. The molecule has 1 heterocycles. The van der Waals surface area contributed by atoms with Gasteiger partial charge in [0.15, 0.2) is 11.5 Å². The lowest BCUT2D eigenvalue weighted by atomic mass is 9.87. The minimum absolute atomic E-state index is 0.0709. The molecule has 2 aromatic rings. The molecule has 28 heavy (non-hydrogen) atoms. The molecule has 1 aliphatic rings. The monoisotopic (exact) mass is 382 g/mol. The molecule has 1 fully saturated rings. The third kappa shape index (κ3) is 4.47. The molecular formula is C23H30N2O3. The molecule has 5 nitrogen and oxygen atoms in total. The van der Waals surface area contributed by atoms with E-state index in [0.29, 0.717) is 26.2 Å². The van der Waals surface area contributed by atoms with Crippen LogP contribution in [-0.4, -0.2) is 42.6 Å². The Hall–Kier alpha value is -2.53. The van der Waals surface area contributed by atoms with Crippen molar-refractivity contribution in [1.29, 1.82) is 0 Å². The zero-order valence-electron chi connectivity index (χ0n) is 17.0. The lowest BCUT2D eigenvalue weighted by molar-refractivity contribution is -0.136. The zero-order valence-corrected chi connectivity index (χ0v) is 17.0. The fourth-order valence-corrected chi connectivity index (χ4v) is 3.74. The predicted octanol–water partition coefficient (Wildman–Crippen LogP) is 3.42. The third-order valence-electron chi connectivity index (χ3n) is 5.23. The summed E-state index contributed by atoms with van der Waals surface area (Å²) in [5.41, 5.74) is 1.65. The number of benzene rings is 2. The Balaban J connectivity index is 1.85. The molecule has 1 N–H and O–H groups in total. The van der Waals surface area contributed by atoms with Crippen LogP contribution in [0.3, 0.4) is 0 Å². The summed E-state index contributed by atoms with van der Waals surface area (Å²) in [7, 11) is 0. The molecule has 1 unspecified atom stereocenters. The topological polar surface area (TPSA) is 50.8 Å². The fourth-order valence-electron chi connectivity index (χ4n) is 3.74. The van der Waals surface area contributed by atoms with Gasteiger partial charge in [0.25, 0.3) is 0 Å². The molecule has 0 spiro atoms. The minimum Gasteiger partial charge on any atom is -0.490 e. The predicted molar refractivity (Wildman–Crippen MR) is 111 cm³/mol. The summed E-state index contributed by atoms with van der Waals surface area (Å²) < 4.78 is 11.4. The van der Waals surface area contributed by atoms with Gasteiger partial charge in [-0.25, -0.2) is 0 Å². The summed E-state index contributed by atoms with van der Waals surface area (Å²) >= 11 is 0. The number of rotatable bonds is 8. The summed E-state index contributed by atoms with van der Waals surface area (Å²) in [5, 5.41) is 3.04. The quantitative estimate of drug-likeness (QED) is 0.760. The van der Waals surface area contributed by atoms with Crippen molar-refractivity contribution in [3.63, 3.8) is 0 Å². The summed E-state index contributed by atoms with van der Waals surface area (Å²) in [4.78, 5) is 15.2. The molecule has 1 saturated heterocycles. The Morgan fingerprint density at radius 3 is 2.43 bits per heavy atom. The summed E-state index contributed by atoms with van der Waals surface area (Å²) in [6, 6.07) is 16.3. The first-order chi connectivity index (χ1) is 13.6. The molecule has 150 valence electrons. The van der Waals surface area contributed by atoms with Crippen LogP contribution in [0.25, 0.3) is 0 Å². The molecular weight excluding hydrogens is 352 g/mol. The Morgan fingerprint density at radius 1 is 1.00 bits per heavy atom. The lowest BCUT2D eigenvalue weighted by Gasteiger charge is -2.44. The molecule has 1 aliphatic heterocycles. The van der Waals surface area contributed by atoms with Crippen LogP contribution in [0.5, 0.6) is 11.5 Å². The second-order valence-electron chi connectivity index (χ2n) is 7.26. The zero-order chi connectivity index (χ0) is 20.0. The SMILES string of the molecule is CCOc1ccc(CC2(C)C(=O)NCCN2Cc2ccccc2)cc1OCC. The van der Waals surface area contributed by atoms with E-state index < -0.39 is 5.54 Å². The van der Waals surface area contributed by atoms with Gasteiger partial charge in [-0.2, -0.15) is 0 Å². The van der Waals surface area contributed by atoms with Gasteiger partial charge in [-0.3, -0.25) is 9.69 Å². The van der Waals surface area contributed by atoms with Crippen LogP contribution >= 0.6 is 0 Å². The van der Waals surface area contributed by atoms with Crippen LogP contribution in [0.2, 0.25) is 0 Å². The molecule has 0 bridgehead atoms. The molecule has 0 aromatic heterocycles. The van der Waals surface area contributed by atoms with Crippen molar-refractivity contribution in [3.8, 4) is 11.5 Å². The van der Waals surface area contributed by atoms with Gasteiger partial charge >= 0.3 is 0 Å². The minimum atomic E-state index is -0.620. The van der Waals surface area contributed by atoms with Crippen molar-refractivity contribution in [3.05, 3.63) is 59.7 Å². The summed E-state index contributed by atoms with van der Waals surface area (Å²) in [5.74, 6) is 1.55. The van der Waals surface area contributed by atoms with Crippen molar-refractivity contribution < 1.29 is 14.3 Å². The molecule has 0 radical (unpaired) electrons. The maximum absolute atomic E-state index is 12.9. The Bertz CT molecular complexity index is 794. The highest BCUT2D eigenvalue weighted by atomic mass is 16.5. The van der Waals surface area contributed by atoms with E-state index >= 15 is 0 Å². The normalized spacial score (nSPS) is 19.9. The summed E-state index contributed by atoms with van der Waals surface area (Å²) in [6.45, 7) is 9.35. The van der Waals surface area contributed by atoms with Crippen molar-refractivity contribution in [1.82, 2.24) is 10.2 Å². The molecule has 0 saturated carbocycles. The first-order valence-corrected chi connectivity index (χ1v) is 10.0. The van der Waals surface area contributed by atoms with Crippen LogP contribution in [0, 0.1) is 0 Å². The van der Waals surface area contributed by atoms with Crippen LogP contribution < -0.4 is 14.8 Å². The number of nitrogens with zero attached hydrogens (tertiary/aromatic N) is 1. The number of piperazine rings is 1. The van der Waals surface area contributed by atoms with Gasteiger partial charge in [0, 0.05) is 19.6 Å². The van der Waals surface area contributed by atoms with Gasteiger partial charge in [-0.05, 0) is 50.5 Å². The van der Waals surface area contributed by atoms with Crippen molar-refractivity contribution in [2.75, 3.05) is 26.3 Å². The molecule has 1 atom stereocenters. The summed E-state index contributed by atoms with van der Waals surface area (Å²) in [6.07, 6.45) is 0.609. The van der Waals surface area contributed by atoms with E-state index in [1.54, 1.807) is 0 Å². The van der Waals surface area contributed by atoms with Crippen LogP contribution in [0.15, 0.2) is 48.5 Å². The van der Waals surface area contributed by atoms with Gasteiger partial charge in [-0.15, -0.1) is 0 Å². The first kappa shape index (κ1) is 20.2. The maximum Gasteiger partial charge on any atom is 0.240 e. The lowest BCUT2D eigenvalue weighted by Crippen LogP contribution is -2.63. The Kier molecular flexibility index (Phi) is 6.57. The average molecular weight is 383 g/mol. The second-order valence-corrected chi connectivity index (χ2v) is 7.26. The Labute approximate surface area is 167 Å². The highest BCUT2D eigenvalue weighted by Crippen LogP contribution is 2.32. The molecule has 1 amide bonds. The van der Waals surface area contributed by atoms with E-state index in [2.05, 4.69) is 22.3 Å². The third-order valence-corrected chi connectivity index (χ3v) is 5.23. The van der Waals surface area contributed by atoms with E-state index in [1.165, 1.54) is 5.56 Å². The number of ether oxygens (including phenoxy) is 2. The maximum atomic E-state index is 12.9. The number of hydrogen-bond acceptors (Lipinski definition) is 4. The van der Waals surface area contributed by atoms with Gasteiger partial charge in [-0.1, -0.05) is 36.4 Å². The first-order valence-electron chi connectivity index (χ1n) is 10.0. The largest absolute Gasteiger partial charge is 0.490 e. The Morgan fingerprint density at radius 2 is 1.71 bits per heavy atom. The van der Waals surface area contributed by atoms with Crippen LogP contribution in [0.4, 0.5) is 0 Å². The fraction of sp³-hybridized carbons (Fsp3) is 0.435. The van der Waals surface area contributed by atoms with Crippen molar-refractivity contribution >= 4 is 5.91 Å². The van der Waals surface area contributed by atoms with E-state index in [-0.39, 0.29) is 5.91 Å². The number of carbonyl (C=O) groups excluding carboxylic acids is 1. The van der Waals surface area contributed by atoms with Crippen molar-refractivity contribution in [2.45, 2.75) is 39.3 Å². The second kappa shape index (κ2) is 9.11. The molecule has 2 aromatic carbocycles. The van der Waals surface area contributed by atoms with Gasteiger partial charge in [0.2, 0.25) is 5.91 Å². The van der Waals surface area contributed by atoms with E-state index in [4.69, 9.17) is 9.47 Å². The van der Waals surface area contributed by atoms with Gasteiger partial charge in [0.1, 0.15) is 5.54 Å². The number of hydrogen-bond donors (Lipinski definition) is 1. The molecule has 3 rings (SSSR count). The number of carbonyl (C=O) groups is 1. The van der Waals surface area contributed by atoms with E-state index in [1.807, 2.05) is 57.2 Å². The van der Waals surface area contributed by atoms with Crippen molar-refractivity contribution in [2.24, 2.45) is 0 Å². The van der Waals surface area contributed by atoms with Gasteiger partial charge < -0.3 is 14.8 Å². The van der Waals surface area contributed by atoms with Crippen LogP contribution in [-0.2, 0) is 17.8 Å². The average Bonchev–Trinajstić information content (AvgIpc) is 2.69. The molecule has 5 heteroatoms. The molecule has 0 aliphatic carbocycles. The van der Waals surface area contributed by atoms with E-state index in [0.717, 1.165) is 30.2 Å². The van der Waals surface area contributed by atoms with Crippen LogP contribution in [0.1, 0.15) is 31.9 Å². The number of nitrogens with one attached hydrogen (secondary N) is 1. The highest BCUT2D eigenvalue weighted by Gasteiger charge is 2.42.